The van der Waals surface area contributed by atoms with Gasteiger partial charge >= 0.3 is 0 Å². The van der Waals surface area contributed by atoms with E-state index < -0.39 is 6.29 Å². The van der Waals surface area contributed by atoms with Crippen molar-refractivity contribution in [2.24, 2.45) is 0 Å². The van der Waals surface area contributed by atoms with Gasteiger partial charge in [0.1, 0.15) is 0 Å². The van der Waals surface area contributed by atoms with Crippen LogP contribution >= 0.6 is 0 Å². The number of hydrogen-bond donors (Lipinski definition) is 3. The minimum atomic E-state index is -1.56. The second-order valence-electron chi connectivity index (χ2n) is 1.06. The number of hydrogen-bond acceptors (Lipinski definition) is 3. The zero-order chi connectivity index (χ0) is 5.15. The number of aliphatic hydroxyl groups is 2. The lowest BCUT2D eigenvalue weighted by atomic mass is 10.4. The molecule has 0 bridgehead atoms. The number of rotatable bonds is 1. The van der Waals surface area contributed by atoms with E-state index in [9.17, 15) is 0 Å². The molecular weight excluding hydrogens is 82.0 g/mol. The average molecular weight is 89.1 g/mol. The lowest BCUT2D eigenvalue weighted by molar-refractivity contribution is 0.0185. The fourth-order valence-corrected chi connectivity index (χ4v) is 0. The van der Waals surface area contributed by atoms with Gasteiger partial charge in [0.05, 0.1) is 5.71 Å². The van der Waals surface area contributed by atoms with E-state index in [1.165, 1.54) is 6.92 Å². The van der Waals surface area contributed by atoms with Crippen LogP contribution in [0.4, 0.5) is 0 Å². The number of nitrogens with one attached hydrogen (secondary N) is 1. The van der Waals surface area contributed by atoms with Crippen LogP contribution in [0, 0.1) is 5.41 Å². The van der Waals surface area contributed by atoms with Gasteiger partial charge in [0.2, 0.25) is 0 Å². The maximum atomic E-state index is 7.96. The Bertz CT molecular complexity index is 59.8. The van der Waals surface area contributed by atoms with Crippen molar-refractivity contribution >= 4 is 5.71 Å². The van der Waals surface area contributed by atoms with Gasteiger partial charge in [0.15, 0.2) is 6.29 Å². The highest BCUT2D eigenvalue weighted by molar-refractivity contribution is 5.81. The molecule has 0 aliphatic carbocycles. The molecule has 0 heterocycles. The van der Waals surface area contributed by atoms with Crippen molar-refractivity contribution in [1.29, 1.82) is 5.41 Å². The monoisotopic (exact) mass is 89.0 g/mol. The van der Waals surface area contributed by atoms with Crippen LogP contribution in [0.2, 0.25) is 0 Å². The standard InChI is InChI=1S/C3H7NO2/c1-2(4)3(5)6/h3-6H,1H3. The van der Waals surface area contributed by atoms with Crippen LogP contribution in [-0.2, 0) is 0 Å². The van der Waals surface area contributed by atoms with Crippen molar-refractivity contribution in [2.45, 2.75) is 13.2 Å². The second-order valence-corrected chi connectivity index (χ2v) is 1.06. The van der Waals surface area contributed by atoms with Crippen molar-refractivity contribution in [3.05, 3.63) is 0 Å². The summed E-state index contributed by atoms with van der Waals surface area (Å²) in [6, 6.07) is 0. The zero-order valence-electron chi connectivity index (χ0n) is 3.47. The Morgan fingerprint density at radius 1 is 1.67 bits per heavy atom. The van der Waals surface area contributed by atoms with E-state index in [1.54, 1.807) is 0 Å². The molecule has 0 saturated heterocycles. The number of aliphatic hydroxyl groups excluding tert-OH is 1. The van der Waals surface area contributed by atoms with Gasteiger partial charge in [-0.2, -0.15) is 0 Å². The highest BCUT2D eigenvalue weighted by Crippen LogP contribution is 1.73. The molecule has 0 aromatic carbocycles. The lowest BCUT2D eigenvalue weighted by Gasteiger charge is -1.94. The third-order valence-electron chi connectivity index (χ3n) is 0.387. The van der Waals surface area contributed by atoms with Gasteiger partial charge in [-0.1, -0.05) is 0 Å². The van der Waals surface area contributed by atoms with E-state index in [2.05, 4.69) is 0 Å². The van der Waals surface area contributed by atoms with E-state index >= 15 is 0 Å². The van der Waals surface area contributed by atoms with Crippen LogP contribution in [-0.4, -0.2) is 22.2 Å². The van der Waals surface area contributed by atoms with Crippen molar-refractivity contribution in [1.82, 2.24) is 0 Å². The van der Waals surface area contributed by atoms with Crippen LogP contribution in [0.5, 0.6) is 0 Å². The summed E-state index contributed by atoms with van der Waals surface area (Å²) >= 11 is 0. The van der Waals surface area contributed by atoms with Crippen molar-refractivity contribution in [3.8, 4) is 0 Å². The van der Waals surface area contributed by atoms with Crippen LogP contribution in [0.15, 0.2) is 0 Å². The Balaban J connectivity index is 3.26. The van der Waals surface area contributed by atoms with E-state index in [4.69, 9.17) is 15.6 Å². The summed E-state index contributed by atoms with van der Waals surface area (Å²) < 4.78 is 0. The minimum absolute atomic E-state index is 0.130. The molecule has 3 N–H and O–H groups in total. The SMILES string of the molecule is CC(=N)C(O)O. The quantitative estimate of drug-likeness (QED) is 0.295. The molecule has 0 fully saturated rings. The molecular formula is C3H7NO2. The first-order valence-corrected chi connectivity index (χ1v) is 1.56. The molecule has 0 aromatic rings. The van der Waals surface area contributed by atoms with Gasteiger partial charge in [0.25, 0.3) is 0 Å². The summed E-state index contributed by atoms with van der Waals surface area (Å²) in [6.45, 7) is 1.32. The van der Waals surface area contributed by atoms with E-state index in [-0.39, 0.29) is 5.71 Å². The normalized spacial score (nSPS) is 9.33. The van der Waals surface area contributed by atoms with Gasteiger partial charge in [-0.05, 0) is 6.92 Å². The molecule has 6 heavy (non-hydrogen) atoms. The summed E-state index contributed by atoms with van der Waals surface area (Å²) in [4.78, 5) is 0. The molecule has 3 nitrogen and oxygen atoms in total. The molecule has 0 saturated carbocycles. The largest absolute Gasteiger partial charge is 0.363 e. The molecule has 0 unspecified atom stereocenters. The Hall–Kier alpha value is -0.410. The first-order valence-electron chi connectivity index (χ1n) is 1.56. The van der Waals surface area contributed by atoms with E-state index in [0.29, 0.717) is 0 Å². The minimum Gasteiger partial charge on any atom is -0.363 e. The maximum Gasteiger partial charge on any atom is 0.191 e. The van der Waals surface area contributed by atoms with Crippen molar-refractivity contribution in [2.75, 3.05) is 0 Å². The Labute approximate surface area is 35.7 Å². The third kappa shape index (κ3) is 1.87. The third-order valence-corrected chi connectivity index (χ3v) is 0.387. The summed E-state index contributed by atoms with van der Waals surface area (Å²) in [6.07, 6.45) is -1.56. The Morgan fingerprint density at radius 3 is 1.83 bits per heavy atom. The lowest BCUT2D eigenvalue weighted by Crippen LogP contribution is -2.13. The average Bonchev–Trinajstić information content (AvgIpc) is 1.36. The summed E-state index contributed by atoms with van der Waals surface area (Å²) in [7, 11) is 0. The molecule has 0 rings (SSSR count). The Morgan fingerprint density at radius 2 is 1.83 bits per heavy atom. The summed E-state index contributed by atoms with van der Waals surface area (Å²) in [5, 5.41) is 22.4. The fourth-order valence-electron chi connectivity index (χ4n) is 0. The Kier molecular flexibility index (Phi) is 1.76. The summed E-state index contributed by atoms with van der Waals surface area (Å²) in [5.41, 5.74) is -0.130. The van der Waals surface area contributed by atoms with E-state index in [1.807, 2.05) is 0 Å². The van der Waals surface area contributed by atoms with Crippen molar-refractivity contribution < 1.29 is 10.2 Å². The predicted molar refractivity (Wildman–Crippen MR) is 21.6 cm³/mol. The van der Waals surface area contributed by atoms with Crippen LogP contribution < -0.4 is 0 Å². The van der Waals surface area contributed by atoms with Crippen LogP contribution in [0.3, 0.4) is 0 Å². The van der Waals surface area contributed by atoms with Gasteiger partial charge in [-0.25, -0.2) is 0 Å². The van der Waals surface area contributed by atoms with Crippen LogP contribution in [0.1, 0.15) is 6.92 Å². The van der Waals surface area contributed by atoms with Crippen molar-refractivity contribution in [3.63, 3.8) is 0 Å². The van der Waals surface area contributed by atoms with Gasteiger partial charge in [0, 0.05) is 0 Å². The predicted octanol–water partition coefficient (Wildman–Crippen LogP) is -0.663. The molecule has 0 aromatic heterocycles. The summed E-state index contributed by atoms with van der Waals surface area (Å²) in [5.74, 6) is 0. The van der Waals surface area contributed by atoms with Gasteiger partial charge < -0.3 is 15.6 Å². The topological polar surface area (TPSA) is 64.3 Å². The molecule has 36 valence electrons. The smallest absolute Gasteiger partial charge is 0.191 e. The molecule has 0 radical (unpaired) electrons. The first-order chi connectivity index (χ1) is 2.64. The fraction of sp³-hybridized carbons (Fsp3) is 0.667. The highest BCUT2D eigenvalue weighted by Gasteiger charge is 1.94. The molecule has 0 aliphatic heterocycles. The van der Waals surface area contributed by atoms with Gasteiger partial charge in [-0.15, -0.1) is 0 Å². The van der Waals surface area contributed by atoms with E-state index in [0.717, 1.165) is 0 Å². The molecule has 0 atom stereocenters. The molecule has 3 heteroatoms. The molecule has 0 spiro atoms. The highest BCUT2D eigenvalue weighted by atomic mass is 16.5. The molecule has 0 aliphatic rings. The van der Waals surface area contributed by atoms with Crippen LogP contribution in [0.25, 0.3) is 0 Å². The van der Waals surface area contributed by atoms with Gasteiger partial charge in [-0.3, -0.25) is 0 Å². The molecule has 0 amide bonds. The second kappa shape index (κ2) is 1.89. The maximum absolute atomic E-state index is 7.96. The first kappa shape index (κ1) is 5.59. The zero-order valence-corrected chi connectivity index (χ0v) is 3.47.